The van der Waals surface area contributed by atoms with Crippen LogP contribution in [0.2, 0.25) is 5.02 Å². The molecule has 178 valence electrons. The summed E-state index contributed by atoms with van der Waals surface area (Å²) >= 11 is 7.61. The number of hydrogen-bond donors (Lipinski definition) is 2. The number of non-ortho nitro benzene ring substituents is 1. The van der Waals surface area contributed by atoms with E-state index in [0.29, 0.717) is 33.1 Å². The maximum absolute atomic E-state index is 12.5. The summed E-state index contributed by atoms with van der Waals surface area (Å²) in [5, 5.41) is 26.3. The van der Waals surface area contributed by atoms with Gasteiger partial charge in [0.15, 0.2) is 11.0 Å². The number of nitro groups is 1. The van der Waals surface area contributed by atoms with Gasteiger partial charge in [-0.2, -0.15) is 0 Å². The number of thioether (sulfide) groups is 1. The number of carbonyl (C=O) groups is 1. The van der Waals surface area contributed by atoms with Gasteiger partial charge in [0, 0.05) is 34.3 Å². The minimum absolute atomic E-state index is 0.0175. The van der Waals surface area contributed by atoms with E-state index < -0.39 is 11.0 Å². The molecule has 2 N–H and O–H groups in total. The molecule has 0 spiro atoms. The van der Waals surface area contributed by atoms with Gasteiger partial charge in [-0.25, -0.2) is 4.79 Å². The minimum atomic E-state index is -0.453. The Hall–Kier alpha value is -3.89. The van der Waals surface area contributed by atoms with Gasteiger partial charge in [0.05, 0.1) is 11.5 Å². The van der Waals surface area contributed by atoms with Gasteiger partial charge in [-0.15, -0.1) is 10.2 Å². The Morgan fingerprint density at radius 3 is 2.51 bits per heavy atom. The molecule has 0 fully saturated rings. The molecule has 1 heterocycles. The standard InChI is InChI=1S/C24H21ClN6O3S/c1-16-7-8-18(13-21(16)25)27-23(32)26-14-22-28-29-24(35-15-17-5-3-2-4-6-17)30(22)19-9-11-20(12-10-19)31(33)34/h2-13H,14-15H2,1H3,(H2,26,27,32). The van der Waals surface area contributed by atoms with Crippen LogP contribution in [-0.4, -0.2) is 25.7 Å². The van der Waals surface area contributed by atoms with E-state index in [1.54, 1.807) is 28.8 Å². The molecule has 0 saturated heterocycles. The van der Waals surface area contributed by atoms with Gasteiger partial charge in [0.1, 0.15) is 0 Å². The van der Waals surface area contributed by atoms with Gasteiger partial charge in [-0.3, -0.25) is 14.7 Å². The Kier molecular flexibility index (Phi) is 7.64. The number of benzene rings is 3. The summed E-state index contributed by atoms with van der Waals surface area (Å²) in [5.74, 6) is 1.14. The molecule has 4 aromatic rings. The summed E-state index contributed by atoms with van der Waals surface area (Å²) in [5.41, 5.74) is 3.23. The van der Waals surface area contributed by atoms with Crippen molar-refractivity contribution in [2.45, 2.75) is 24.4 Å². The fraction of sp³-hybridized carbons (Fsp3) is 0.125. The summed E-state index contributed by atoms with van der Waals surface area (Å²) in [4.78, 5) is 23.1. The second kappa shape index (κ2) is 11.0. The molecule has 9 nitrogen and oxygen atoms in total. The van der Waals surface area contributed by atoms with Gasteiger partial charge in [0.25, 0.3) is 5.69 Å². The number of halogens is 1. The Morgan fingerprint density at radius 2 is 1.83 bits per heavy atom. The molecule has 3 aromatic carbocycles. The highest BCUT2D eigenvalue weighted by Crippen LogP contribution is 2.26. The van der Waals surface area contributed by atoms with Gasteiger partial charge in [-0.05, 0) is 42.3 Å². The number of nitro benzene ring substituents is 1. The van der Waals surface area contributed by atoms with Crippen LogP contribution in [0, 0.1) is 17.0 Å². The van der Waals surface area contributed by atoms with Crippen molar-refractivity contribution < 1.29 is 9.72 Å². The molecule has 0 saturated carbocycles. The van der Waals surface area contributed by atoms with Crippen molar-refractivity contribution in [1.82, 2.24) is 20.1 Å². The SMILES string of the molecule is Cc1ccc(NC(=O)NCc2nnc(SCc3ccccc3)n2-c2ccc([N+](=O)[O-])cc2)cc1Cl. The highest BCUT2D eigenvalue weighted by molar-refractivity contribution is 7.98. The molecule has 0 atom stereocenters. The molecule has 0 unspecified atom stereocenters. The molecule has 0 aliphatic rings. The Bertz CT molecular complexity index is 1350. The number of amides is 2. The Balaban J connectivity index is 1.53. The molecule has 2 amide bonds. The smallest absolute Gasteiger partial charge is 0.319 e. The van der Waals surface area contributed by atoms with Gasteiger partial charge in [-0.1, -0.05) is 59.8 Å². The fourth-order valence-corrected chi connectivity index (χ4v) is 4.33. The quantitative estimate of drug-likeness (QED) is 0.178. The van der Waals surface area contributed by atoms with Crippen LogP contribution in [0.4, 0.5) is 16.2 Å². The molecule has 4 rings (SSSR count). The second-order valence-corrected chi connectivity index (χ2v) is 8.90. The van der Waals surface area contributed by atoms with Crippen molar-refractivity contribution in [3.63, 3.8) is 0 Å². The summed E-state index contributed by atoms with van der Waals surface area (Å²) < 4.78 is 1.78. The molecule has 0 aliphatic carbocycles. The highest BCUT2D eigenvalue weighted by atomic mass is 35.5. The number of hydrogen-bond acceptors (Lipinski definition) is 6. The molecule has 0 radical (unpaired) electrons. The predicted octanol–water partition coefficient (Wildman–Crippen LogP) is 5.75. The van der Waals surface area contributed by atoms with Crippen molar-refractivity contribution in [1.29, 1.82) is 0 Å². The lowest BCUT2D eigenvalue weighted by Crippen LogP contribution is -2.29. The van der Waals surface area contributed by atoms with E-state index in [1.807, 2.05) is 43.3 Å². The summed E-state index contributed by atoms with van der Waals surface area (Å²) in [6.45, 7) is 1.96. The average Bonchev–Trinajstić information content (AvgIpc) is 3.27. The van der Waals surface area contributed by atoms with E-state index in [4.69, 9.17) is 11.6 Å². The van der Waals surface area contributed by atoms with E-state index in [1.165, 1.54) is 23.9 Å². The van der Waals surface area contributed by atoms with Crippen molar-refractivity contribution in [2.75, 3.05) is 5.32 Å². The largest absolute Gasteiger partial charge is 0.331 e. The lowest BCUT2D eigenvalue weighted by atomic mass is 10.2. The van der Waals surface area contributed by atoms with E-state index in [9.17, 15) is 14.9 Å². The van der Waals surface area contributed by atoms with Crippen LogP contribution in [0.1, 0.15) is 17.0 Å². The third-order valence-corrected chi connectivity index (χ3v) is 6.47. The van der Waals surface area contributed by atoms with Gasteiger partial charge < -0.3 is 10.6 Å². The monoisotopic (exact) mass is 508 g/mol. The normalized spacial score (nSPS) is 10.7. The second-order valence-electron chi connectivity index (χ2n) is 7.55. The molecular weight excluding hydrogens is 488 g/mol. The topological polar surface area (TPSA) is 115 Å². The van der Waals surface area contributed by atoms with Gasteiger partial charge in [0.2, 0.25) is 0 Å². The molecule has 0 bridgehead atoms. The molecule has 35 heavy (non-hydrogen) atoms. The summed E-state index contributed by atoms with van der Waals surface area (Å²) in [6, 6.07) is 20.8. The van der Waals surface area contributed by atoms with Crippen molar-refractivity contribution in [3.05, 3.63) is 105 Å². The molecular formula is C24H21ClN6O3S. The van der Waals surface area contributed by atoms with E-state index >= 15 is 0 Å². The van der Waals surface area contributed by atoms with Crippen LogP contribution in [-0.2, 0) is 12.3 Å². The first-order chi connectivity index (χ1) is 16.9. The number of aromatic nitrogens is 3. The Labute approximate surface area is 210 Å². The zero-order valence-corrected chi connectivity index (χ0v) is 20.2. The Morgan fingerprint density at radius 1 is 1.09 bits per heavy atom. The van der Waals surface area contributed by atoms with Crippen LogP contribution in [0.3, 0.4) is 0 Å². The molecule has 11 heteroatoms. The molecule has 0 aliphatic heterocycles. The zero-order valence-electron chi connectivity index (χ0n) is 18.6. The van der Waals surface area contributed by atoms with E-state index in [0.717, 1.165) is 11.1 Å². The zero-order chi connectivity index (χ0) is 24.8. The molecule has 1 aromatic heterocycles. The first kappa shape index (κ1) is 24.2. The lowest BCUT2D eigenvalue weighted by Gasteiger charge is -2.12. The number of nitrogens with one attached hydrogen (secondary N) is 2. The number of aryl methyl sites for hydroxylation is 1. The van der Waals surface area contributed by atoms with Crippen LogP contribution < -0.4 is 10.6 Å². The van der Waals surface area contributed by atoms with Gasteiger partial charge >= 0.3 is 6.03 Å². The number of nitrogens with zero attached hydrogens (tertiary/aromatic N) is 4. The van der Waals surface area contributed by atoms with Crippen LogP contribution in [0.5, 0.6) is 0 Å². The first-order valence-electron chi connectivity index (χ1n) is 10.6. The van der Waals surface area contributed by atoms with Crippen LogP contribution >= 0.6 is 23.4 Å². The third kappa shape index (κ3) is 6.17. The van der Waals surface area contributed by atoms with Crippen molar-refractivity contribution in [2.24, 2.45) is 0 Å². The number of anilines is 1. The van der Waals surface area contributed by atoms with Crippen molar-refractivity contribution in [3.8, 4) is 5.69 Å². The van der Waals surface area contributed by atoms with E-state index in [2.05, 4.69) is 20.8 Å². The predicted molar refractivity (Wildman–Crippen MR) is 136 cm³/mol. The third-order valence-electron chi connectivity index (χ3n) is 5.07. The fourth-order valence-electron chi connectivity index (χ4n) is 3.22. The van der Waals surface area contributed by atoms with Crippen LogP contribution in [0.25, 0.3) is 5.69 Å². The first-order valence-corrected chi connectivity index (χ1v) is 11.9. The summed E-state index contributed by atoms with van der Waals surface area (Å²) in [7, 11) is 0. The number of rotatable bonds is 8. The maximum Gasteiger partial charge on any atom is 0.319 e. The summed E-state index contributed by atoms with van der Waals surface area (Å²) in [6.07, 6.45) is 0. The number of carbonyl (C=O) groups excluding carboxylic acids is 1. The maximum atomic E-state index is 12.5. The van der Waals surface area contributed by atoms with E-state index in [-0.39, 0.29) is 12.2 Å². The van der Waals surface area contributed by atoms with Crippen LogP contribution in [0.15, 0.2) is 78.0 Å². The van der Waals surface area contributed by atoms with Crippen molar-refractivity contribution >= 4 is 40.8 Å². The average molecular weight is 509 g/mol. The lowest BCUT2D eigenvalue weighted by molar-refractivity contribution is -0.384. The highest BCUT2D eigenvalue weighted by Gasteiger charge is 2.17. The minimum Gasteiger partial charge on any atom is -0.331 e. The number of urea groups is 1.